The minimum Gasteiger partial charge on any atom is -0.444 e. The highest BCUT2D eigenvalue weighted by Gasteiger charge is 2.41. The van der Waals surface area contributed by atoms with Gasteiger partial charge in [-0.05, 0) is 39.8 Å². The van der Waals surface area contributed by atoms with E-state index < -0.39 is 41.6 Å². The van der Waals surface area contributed by atoms with Crippen LogP contribution in [0.25, 0.3) is 0 Å². The van der Waals surface area contributed by atoms with E-state index in [1.807, 2.05) is 0 Å². The fourth-order valence-electron chi connectivity index (χ4n) is 2.34. The van der Waals surface area contributed by atoms with Crippen molar-refractivity contribution in [3.63, 3.8) is 0 Å². The van der Waals surface area contributed by atoms with E-state index >= 15 is 0 Å². The summed E-state index contributed by atoms with van der Waals surface area (Å²) in [7, 11) is 1.34. The van der Waals surface area contributed by atoms with Crippen LogP contribution >= 0.6 is 0 Å². The molecule has 9 nitrogen and oxygen atoms in total. The van der Waals surface area contributed by atoms with Gasteiger partial charge in [-0.3, -0.25) is 9.59 Å². The minimum absolute atomic E-state index is 0.131. The van der Waals surface area contributed by atoms with Gasteiger partial charge in [-0.15, -0.1) is 0 Å². The summed E-state index contributed by atoms with van der Waals surface area (Å²) in [6.45, 7) is 6.51. The first-order chi connectivity index (χ1) is 12.5. The van der Waals surface area contributed by atoms with E-state index in [9.17, 15) is 19.2 Å². The molecule has 1 heterocycles. The van der Waals surface area contributed by atoms with Gasteiger partial charge < -0.3 is 19.6 Å². The summed E-state index contributed by atoms with van der Waals surface area (Å²) in [5.74, 6) is -2.56. The van der Waals surface area contributed by atoms with Crippen LogP contribution in [0, 0.1) is 0 Å². The van der Waals surface area contributed by atoms with Gasteiger partial charge in [0.05, 0.1) is 17.2 Å². The number of fused-ring (bicyclic) bond motifs is 1. The standard InChI is InChI=1S/C18H22N2O7/c1-10(25-5)13(19-17(24)26-18(2,3)4)16(23)27-20-14(21)11-8-6-7-9-12(11)15(20)22/h6-10,13H,1-5H3,(H,19,24)/t10-,13+/m1/s1. The Morgan fingerprint density at radius 3 is 2.04 bits per heavy atom. The van der Waals surface area contributed by atoms with E-state index in [-0.39, 0.29) is 11.1 Å². The number of nitrogens with one attached hydrogen (secondary N) is 1. The lowest BCUT2D eigenvalue weighted by Gasteiger charge is -2.26. The zero-order chi connectivity index (χ0) is 20.4. The first-order valence-corrected chi connectivity index (χ1v) is 8.27. The van der Waals surface area contributed by atoms with Gasteiger partial charge in [0.1, 0.15) is 5.60 Å². The molecule has 0 saturated carbocycles. The average Bonchev–Trinajstić information content (AvgIpc) is 2.82. The number of hydrogen-bond donors (Lipinski definition) is 1. The van der Waals surface area contributed by atoms with Crippen molar-refractivity contribution in [2.75, 3.05) is 7.11 Å². The number of hydrogen-bond acceptors (Lipinski definition) is 7. The topological polar surface area (TPSA) is 111 Å². The smallest absolute Gasteiger partial charge is 0.408 e. The van der Waals surface area contributed by atoms with E-state index in [2.05, 4.69) is 5.32 Å². The second-order valence-corrected chi connectivity index (χ2v) is 6.93. The van der Waals surface area contributed by atoms with Crippen molar-refractivity contribution in [2.45, 2.75) is 45.4 Å². The minimum atomic E-state index is -1.30. The summed E-state index contributed by atoms with van der Waals surface area (Å²) >= 11 is 0. The Bertz CT molecular complexity index is 734. The van der Waals surface area contributed by atoms with Crippen LogP contribution in [0.1, 0.15) is 48.4 Å². The Labute approximate surface area is 156 Å². The molecule has 27 heavy (non-hydrogen) atoms. The summed E-state index contributed by atoms with van der Waals surface area (Å²) < 4.78 is 10.2. The van der Waals surface area contributed by atoms with E-state index in [1.54, 1.807) is 32.9 Å². The maximum Gasteiger partial charge on any atom is 0.408 e. The van der Waals surface area contributed by atoms with Crippen LogP contribution in [0.2, 0.25) is 0 Å². The summed E-state index contributed by atoms with van der Waals surface area (Å²) in [4.78, 5) is 54.1. The lowest BCUT2D eigenvalue weighted by Crippen LogP contribution is -2.52. The Balaban J connectivity index is 2.14. The predicted molar refractivity (Wildman–Crippen MR) is 92.7 cm³/mol. The zero-order valence-corrected chi connectivity index (χ0v) is 15.8. The van der Waals surface area contributed by atoms with Crippen LogP contribution in [-0.2, 0) is 19.1 Å². The van der Waals surface area contributed by atoms with Gasteiger partial charge in [0.15, 0.2) is 6.04 Å². The third-order valence-corrected chi connectivity index (χ3v) is 3.71. The number of carbonyl (C=O) groups is 4. The molecule has 2 atom stereocenters. The Kier molecular flexibility index (Phi) is 5.85. The third-order valence-electron chi connectivity index (χ3n) is 3.71. The van der Waals surface area contributed by atoms with Crippen molar-refractivity contribution < 1.29 is 33.5 Å². The van der Waals surface area contributed by atoms with Crippen molar-refractivity contribution in [3.05, 3.63) is 35.4 Å². The van der Waals surface area contributed by atoms with Crippen molar-refractivity contribution in [2.24, 2.45) is 0 Å². The van der Waals surface area contributed by atoms with Gasteiger partial charge in [0, 0.05) is 7.11 Å². The molecule has 0 radical (unpaired) electrons. The van der Waals surface area contributed by atoms with Crippen molar-refractivity contribution >= 4 is 23.9 Å². The highest BCUT2D eigenvalue weighted by molar-refractivity contribution is 6.20. The molecule has 1 aliphatic rings. The van der Waals surface area contributed by atoms with Crippen molar-refractivity contribution in [3.8, 4) is 0 Å². The number of amides is 3. The molecule has 3 amide bonds. The first kappa shape index (κ1) is 20.4. The van der Waals surface area contributed by atoms with Crippen LogP contribution in [0.3, 0.4) is 0 Å². The molecule has 0 fully saturated rings. The fraction of sp³-hybridized carbons (Fsp3) is 0.444. The van der Waals surface area contributed by atoms with Crippen LogP contribution in [0.15, 0.2) is 24.3 Å². The second kappa shape index (κ2) is 7.75. The SMILES string of the molecule is CO[C@H](C)[C@H](NC(=O)OC(C)(C)C)C(=O)ON1C(=O)c2ccccc2C1=O. The fourth-order valence-corrected chi connectivity index (χ4v) is 2.34. The molecule has 0 unspecified atom stereocenters. The second-order valence-electron chi connectivity index (χ2n) is 6.93. The van der Waals surface area contributed by atoms with E-state index in [0.717, 1.165) is 0 Å². The van der Waals surface area contributed by atoms with Crippen LogP contribution in [0.4, 0.5) is 4.79 Å². The van der Waals surface area contributed by atoms with Gasteiger partial charge in [0.2, 0.25) is 0 Å². The molecular weight excluding hydrogens is 356 g/mol. The number of hydroxylamine groups is 2. The van der Waals surface area contributed by atoms with E-state index in [4.69, 9.17) is 14.3 Å². The number of ether oxygens (including phenoxy) is 2. The molecule has 146 valence electrons. The molecule has 0 aromatic heterocycles. The number of carbonyl (C=O) groups excluding carboxylic acids is 4. The first-order valence-electron chi connectivity index (χ1n) is 8.27. The zero-order valence-electron chi connectivity index (χ0n) is 15.8. The molecular formula is C18H22N2O7. The number of benzene rings is 1. The van der Waals surface area contributed by atoms with Crippen molar-refractivity contribution in [1.82, 2.24) is 10.4 Å². The summed E-state index contributed by atoms with van der Waals surface area (Å²) in [6, 6.07) is 4.80. The Morgan fingerprint density at radius 1 is 1.07 bits per heavy atom. The van der Waals surface area contributed by atoms with Crippen LogP contribution in [-0.4, -0.2) is 53.8 Å². The molecule has 0 spiro atoms. The Morgan fingerprint density at radius 2 is 1.59 bits per heavy atom. The van der Waals surface area contributed by atoms with Gasteiger partial charge in [-0.2, -0.15) is 0 Å². The van der Waals surface area contributed by atoms with Crippen LogP contribution < -0.4 is 5.32 Å². The molecule has 9 heteroatoms. The molecule has 1 N–H and O–H groups in total. The third kappa shape index (κ3) is 4.62. The van der Waals surface area contributed by atoms with Gasteiger partial charge in [-0.1, -0.05) is 17.2 Å². The number of methoxy groups -OCH3 is 1. The largest absolute Gasteiger partial charge is 0.444 e. The summed E-state index contributed by atoms with van der Waals surface area (Å²) in [6.07, 6.45) is -1.67. The molecule has 0 saturated heterocycles. The molecule has 1 aliphatic heterocycles. The Hall–Kier alpha value is -2.94. The number of rotatable bonds is 5. The molecule has 1 aromatic rings. The summed E-state index contributed by atoms with van der Waals surface area (Å²) in [5, 5.41) is 2.71. The molecule has 0 aliphatic carbocycles. The normalized spacial score (nSPS) is 15.8. The number of alkyl carbamates (subject to hydrolysis) is 1. The summed E-state index contributed by atoms with van der Waals surface area (Å²) in [5.41, 5.74) is -0.518. The lowest BCUT2D eigenvalue weighted by molar-refractivity contribution is -0.174. The molecule has 2 rings (SSSR count). The van der Waals surface area contributed by atoms with E-state index in [1.165, 1.54) is 26.2 Å². The maximum atomic E-state index is 12.5. The van der Waals surface area contributed by atoms with E-state index in [0.29, 0.717) is 5.06 Å². The monoisotopic (exact) mass is 378 g/mol. The van der Waals surface area contributed by atoms with Gasteiger partial charge in [-0.25, -0.2) is 9.59 Å². The van der Waals surface area contributed by atoms with Crippen molar-refractivity contribution in [1.29, 1.82) is 0 Å². The highest BCUT2D eigenvalue weighted by Crippen LogP contribution is 2.23. The average molecular weight is 378 g/mol. The van der Waals surface area contributed by atoms with Gasteiger partial charge in [0.25, 0.3) is 11.8 Å². The molecule has 1 aromatic carbocycles. The quantitative estimate of drug-likeness (QED) is 0.776. The lowest BCUT2D eigenvalue weighted by atomic mass is 10.1. The van der Waals surface area contributed by atoms with Gasteiger partial charge >= 0.3 is 12.1 Å². The maximum absolute atomic E-state index is 12.5. The highest BCUT2D eigenvalue weighted by atomic mass is 16.7. The number of nitrogens with zero attached hydrogens (tertiary/aromatic N) is 1. The van der Waals surface area contributed by atoms with Crippen LogP contribution in [0.5, 0.6) is 0 Å². The number of imide groups is 1. The molecule has 0 bridgehead atoms. The predicted octanol–water partition coefficient (Wildman–Crippen LogP) is 1.67.